The molecule has 0 unspecified atom stereocenters. The molecule has 0 bridgehead atoms. The van der Waals surface area contributed by atoms with Crippen LogP contribution in [0.1, 0.15) is 20.7 Å². The van der Waals surface area contributed by atoms with Crippen LogP contribution >= 0.6 is 0 Å². The van der Waals surface area contributed by atoms with Gasteiger partial charge >= 0.3 is 0 Å². The van der Waals surface area contributed by atoms with E-state index in [2.05, 4.69) is 0 Å². The average molecular weight is 316 g/mol. The normalized spacial score (nSPS) is 10.3. The summed E-state index contributed by atoms with van der Waals surface area (Å²) in [5.74, 6) is 0. The summed E-state index contributed by atoms with van der Waals surface area (Å²) in [4.78, 5) is 21.7. The Morgan fingerprint density at radius 1 is 0.542 bits per heavy atom. The first-order valence-electron chi connectivity index (χ1n) is 7.42. The van der Waals surface area contributed by atoms with E-state index in [4.69, 9.17) is 11.5 Å². The van der Waals surface area contributed by atoms with Gasteiger partial charge in [0.1, 0.15) is 0 Å². The third-order valence-electron chi connectivity index (χ3n) is 3.98. The molecule has 24 heavy (non-hydrogen) atoms. The van der Waals surface area contributed by atoms with Gasteiger partial charge in [-0.2, -0.15) is 0 Å². The van der Waals surface area contributed by atoms with E-state index in [9.17, 15) is 9.59 Å². The SMILES string of the molecule is Nc1cc(-c2ccc(-c3ccc(C=O)c(N)c3)cc2)ccc1C=O. The molecule has 0 radical (unpaired) electrons. The Bertz CT molecular complexity index is 839. The molecule has 0 fully saturated rings. The predicted molar refractivity (Wildman–Crippen MR) is 96.9 cm³/mol. The van der Waals surface area contributed by atoms with Crippen molar-refractivity contribution in [3.63, 3.8) is 0 Å². The summed E-state index contributed by atoms with van der Waals surface area (Å²) in [7, 11) is 0. The first-order valence-corrected chi connectivity index (χ1v) is 7.42. The molecule has 4 N–H and O–H groups in total. The maximum atomic E-state index is 10.8. The Morgan fingerprint density at radius 2 is 0.875 bits per heavy atom. The number of aldehydes is 2. The molecule has 0 amide bonds. The summed E-state index contributed by atoms with van der Waals surface area (Å²) >= 11 is 0. The molecule has 4 nitrogen and oxygen atoms in total. The molecule has 0 heterocycles. The monoisotopic (exact) mass is 316 g/mol. The summed E-state index contributed by atoms with van der Waals surface area (Å²) < 4.78 is 0. The van der Waals surface area contributed by atoms with Crippen LogP contribution in [0.25, 0.3) is 22.3 Å². The van der Waals surface area contributed by atoms with Crippen molar-refractivity contribution in [2.75, 3.05) is 11.5 Å². The van der Waals surface area contributed by atoms with Gasteiger partial charge in [-0.05, 0) is 46.5 Å². The second kappa shape index (κ2) is 6.38. The van der Waals surface area contributed by atoms with Crippen LogP contribution < -0.4 is 11.5 Å². The molecule has 3 rings (SSSR count). The van der Waals surface area contributed by atoms with Gasteiger partial charge in [-0.1, -0.05) is 36.4 Å². The molecule has 0 atom stereocenters. The number of anilines is 2. The molecule has 0 spiro atoms. The third kappa shape index (κ3) is 2.90. The minimum atomic E-state index is 0.462. The van der Waals surface area contributed by atoms with Gasteiger partial charge in [-0.25, -0.2) is 0 Å². The lowest BCUT2D eigenvalue weighted by atomic mass is 9.98. The Balaban J connectivity index is 1.93. The fourth-order valence-corrected chi connectivity index (χ4v) is 2.58. The second-order valence-electron chi connectivity index (χ2n) is 5.50. The number of carbonyl (C=O) groups excluding carboxylic acids is 2. The van der Waals surface area contributed by atoms with Crippen LogP contribution in [0.3, 0.4) is 0 Å². The van der Waals surface area contributed by atoms with Crippen molar-refractivity contribution in [2.24, 2.45) is 0 Å². The van der Waals surface area contributed by atoms with E-state index >= 15 is 0 Å². The van der Waals surface area contributed by atoms with E-state index in [-0.39, 0.29) is 0 Å². The van der Waals surface area contributed by atoms with Crippen LogP contribution in [0.15, 0.2) is 60.7 Å². The largest absolute Gasteiger partial charge is 0.398 e. The Hall–Kier alpha value is -3.40. The Kier molecular flexibility index (Phi) is 4.12. The quantitative estimate of drug-likeness (QED) is 0.566. The number of hydrogen-bond donors (Lipinski definition) is 2. The van der Waals surface area contributed by atoms with Crippen LogP contribution in [0.4, 0.5) is 11.4 Å². The van der Waals surface area contributed by atoms with Gasteiger partial charge in [0.05, 0.1) is 0 Å². The van der Waals surface area contributed by atoms with E-state index in [0.717, 1.165) is 34.8 Å². The van der Waals surface area contributed by atoms with E-state index in [0.29, 0.717) is 22.5 Å². The summed E-state index contributed by atoms with van der Waals surface area (Å²) in [6.45, 7) is 0. The van der Waals surface area contributed by atoms with Crippen molar-refractivity contribution < 1.29 is 9.59 Å². The van der Waals surface area contributed by atoms with Crippen LogP contribution in [0.5, 0.6) is 0 Å². The summed E-state index contributed by atoms with van der Waals surface area (Å²) in [5.41, 5.74) is 17.5. The van der Waals surface area contributed by atoms with E-state index in [1.54, 1.807) is 24.3 Å². The second-order valence-corrected chi connectivity index (χ2v) is 5.50. The van der Waals surface area contributed by atoms with Gasteiger partial charge < -0.3 is 11.5 Å². The molecule has 4 heteroatoms. The number of hydrogen-bond acceptors (Lipinski definition) is 4. The Morgan fingerprint density at radius 3 is 1.17 bits per heavy atom. The smallest absolute Gasteiger partial charge is 0.152 e. The fraction of sp³-hybridized carbons (Fsp3) is 0. The lowest BCUT2D eigenvalue weighted by Gasteiger charge is -2.08. The van der Waals surface area contributed by atoms with Crippen molar-refractivity contribution in [1.29, 1.82) is 0 Å². The molecule has 0 aliphatic carbocycles. The van der Waals surface area contributed by atoms with Crippen molar-refractivity contribution in [3.05, 3.63) is 71.8 Å². The van der Waals surface area contributed by atoms with Gasteiger partial charge in [-0.15, -0.1) is 0 Å². The molecule has 0 aliphatic rings. The van der Waals surface area contributed by atoms with Crippen LogP contribution in [0.2, 0.25) is 0 Å². The van der Waals surface area contributed by atoms with E-state index in [1.165, 1.54) is 0 Å². The molecular weight excluding hydrogens is 300 g/mol. The number of nitrogen functional groups attached to an aromatic ring is 2. The number of benzene rings is 3. The lowest BCUT2D eigenvalue weighted by molar-refractivity contribution is 0.111. The van der Waals surface area contributed by atoms with Crippen molar-refractivity contribution in [2.45, 2.75) is 0 Å². The maximum Gasteiger partial charge on any atom is 0.152 e. The molecule has 0 saturated heterocycles. The Labute approximate surface area is 139 Å². The lowest BCUT2D eigenvalue weighted by Crippen LogP contribution is -1.93. The molecule has 3 aromatic carbocycles. The summed E-state index contributed by atoms with van der Waals surface area (Å²) in [5, 5.41) is 0. The van der Waals surface area contributed by atoms with Crippen molar-refractivity contribution in [3.8, 4) is 22.3 Å². The van der Waals surface area contributed by atoms with Crippen molar-refractivity contribution in [1.82, 2.24) is 0 Å². The van der Waals surface area contributed by atoms with Gasteiger partial charge in [-0.3, -0.25) is 9.59 Å². The highest BCUT2D eigenvalue weighted by Crippen LogP contribution is 2.28. The molecule has 0 aromatic heterocycles. The van der Waals surface area contributed by atoms with Crippen LogP contribution in [-0.2, 0) is 0 Å². The highest BCUT2D eigenvalue weighted by Gasteiger charge is 2.05. The summed E-state index contributed by atoms with van der Waals surface area (Å²) in [6.07, 6.45) is 1.49. The molecular formula is C20H16N2O2. The number of rotatable bonds is 4. The predicted octanol–water partition coefficient (Wildman–Crippen LogP) is 3.81. The summed E-state index contributed by atoms with van der Waals surface area (Å²) in [6, 6.07) is 18.7. The van der Waals surface area contributed by atoms with Crippen molar-refractivity contribution >= 4 is 23.9 Å². The standard InChI is InChI=1S/C20H16N2O2/c21-19-9-15(5-7-17(19)11-23)13-1-2-14(4-3-13)16-6-8-18(12-24)20(22)10-16/h1-12H,21-22H2. The maximum absolute atomic E-state index is 10.8. The minimum absolute atomic E-state index is 0.462. The van der Waals surface area contributed by atoms with E-state index in [1.807, 2.05) is 36.4 Å². The van der Waals surface area contributed by atoms with Gasteiger partial charge in [0, 0.05) is 22.5 Å². The van der Waals surface area contributed by atoms with Gasteiger partial charge in [0.2, 0.25) is 0 Å². The van der Waals surface area contributed by atoms with Crippen LogP contribution in [0, 0.1) is 0 Å². The van der Waals surface area contributed by atoms with E-state index < -0.39 is 0 Å². The van der Waals surface area contributed by atoms with Gasteiger partial charge in [0.15, 0.2) is 12.6 Å². The highest BCUT2D eigenvalue weighted by molar-refractivity contribution is 5.87. The topological polar surface area (TPSA) is 86.2 Å². The first-order chi connectivity index (χ1) is 11.6. The average Bonchev–Trinajstić information content (AvgIpc) is 2.61. The highest BCUT2D eigenvalue weighted by atomic mass is 16.1. The molecule has 118 valence electrons. The zero-order valence-electron chi connectivity index (χ0n) is 12.9. The van der Waals surface area contributed by atoms with Crippen LogP contribution in [-0.4, -0.2) is 12.6 Å². The number of carbonyl (C=O) groups is 2. The zero-order chi connectivity index (χ0) is 17.1. The third-order valence-corrected chi connectivity index (χ3v) is 3.98. The molecule has 0 saturated carbocycles. The first kappa shape index (κ1) is 15.5. The number of nitrogens with two attached hydrogens (primary N) is 2. The molecule has 3 aromatic rings. The zero-order valence-corrected chi connectivity index (χ0v) is 12.9. The minimum Gasteiger partial charge on any atom is -0.398 e. The molecule has 0 aliphatic heterocycles. The van der Waals surface area contributed by atoms with Gasteiger partial charge in [0.25, 0.3) is 0 Å². The fourth-order valence-electron chi connectivity index (χ4n) is 2.58.